The first-order valence-corrected chi connectivity index (χ1v) is 14.6. The molecule has 1 aliphatic heterocycles. The van der Waals surface area contributed by atoms with Crippen LogP contribution < -0.4 is 23.8 Å². The quantitative estimate of drug-likeness (QED) is 0.266. The van der Waals surface area contributed by atoms with Crippen LogP contribution in [0.5, 0.6) is 23.0 Å². The molecule has 2 heterocycles. The molecule has 9 nitrogen and oxygen atoms in total. The molecule has 0 spiro atoms. The van der Waals surface area contributed by atoms with E-state index in [9.17, 15) is 4.79 Å². The topological polar surface area (TPSA) is 82.6 Å². The molecular formula is C29H39N3O6S. The molecule has 0 N–H and O–H groups in total. The van der Waals surface area contributed by atoms with Crippen molar-refractivity contribution in [3.63, 3.8) is 0 Å². The summed E-state index contributed by atoms with van der Waals surface area (Å²) in [6.45, 7) is 14.2. The van der Waals surface area contributed by atoms with E-state index in [1.165, 1.54) is 11.3 Å². The van der Waals surface area contributed by atoms with Crippen LogP contribution in [0.15, 0.2) is 30.3 Å². The first kappa shape index (κ1) is 28.9. The van der Waals surface area contributed by atoms with E-state index < -0.39 is 0 Å². The largest absolute Gasteiger partial charge is 0.492 e. The molecule has 2 aromatic carbocycles. The fourth-order valence-corrected chi connectivity index (χ4v) is 5.54. The number of fused-ring (bicyclic) bond motifs is 1. The lowest BCUT2D eigenvalue weighted by molar-refractivity contribution is 0.0376. The molecule has 39 heavy (non-hydrogen) atoms. The summed E-state index contributed by atoms with van der Waals surface area (Å²) in [5, 5.41) is 0.633. The van der Waals surface area contributed by atoms with Crippen molar-refractivity contribution >= 4 is 32.6 Å². The molecule has 0 radical (unpaired) electrons. The Morgan fingerprint density at radius 3 is 2.23 bits per heavy atom. The van der Waals surface area contributed by atoms with E-state index in [-0.39, 0.29) is 5.91 Å². The van der Waals surface area contributed by atoms with Gasteiger partial charge in [0.15, 0.2) is 16.6 Å². The molecule has 0 bridgehead atoms. The Morgan fingerprint density at radius 2 is 1.59 bits per heavy atom. The third-order valence-corrected chi connectivity index (χ3v) is 7.31. The highest BCUT2D eigenvalue weighted by molar-refractivity contribution is 7.22. The summed E-state index contributed by atoms with van der Waals surface area (Å²) in [5.74, 6) is 2.04. The highest BCUT2D eigenvalue weighted by atomic mass is 32.1. The maximum atomic E-state index is 14.2. The highest BCUT2D eigenvalue weighted by Gasteiger charge is 2.26. The number of rotatable bonds is 14. The second-order valence-electron chi connectivity index (χ2n) is 8.90. The second-order valence-corrected chi connectivity index (χ2v) is 9.91. The van der Waals surface area contributed by atoms with Crippen LogP contribution in [0.25, 0.3) is 10.2 Å². The van der Waals surface area contributed by atoms with Crippen LogP contribution >= 0.6 is 11.3 Å². The molecule has 0 aliphatic carbocycles. The Balaban J connectivity index is 1.70. The number of hydrogen-bond donors (Lipinski definition) is 0. The number of aromatic nitrogens is 1. The molecule has 1 aliphatic rings. The molecule has 3 aromatic rings. The number of morpholine rings is 1. The zero-order valence-electron chi connectivity index (χ0n) is 23.4. The van der Waals surface area contributed by atoms with Gasteiger partial charge in [0, 0.05) is 31.7 Å². The van der Waals surface area contributed by atoms with Crippen LogP contribution in [0.4, 0.5) is 5.13 Å². The van der Waals surface area contributed by atoms with Gasteiger partial charge < -0.3 is 23.7 Å². The number of thiazole rings is 1. The molecule has 1 fully saturated rings. The van der Waals surface area contributed by atoms with Crippen LogP contribution in [0, 0.1) is 0 Å². The van der Waals surface area contributed by atoms with E-state index in [4.69, 9.17) is 28.7 Å². The van der Waals surface area contributed by atoms with Gasteiger partial charge in [0.25, 0.3) is 5.91 Å². The number of anilines is 1. The summed E-state index contributed by atoms with van der Waals surface area (Å²) in [6, 6.07) is 9.36. The number of ether oxygens (including phenoxy) is 5. The van der Waals surface area contributed by atoms with Gasteiger partial charge in [0.2, 0.25) is 5.75 Å². The van der Waals surface area contributed by atoms with E-state index in [1.807, 2.05) is 45.9 Å². The van der Waals surface area contributed by atoms with Crippen LogP contribution in [0.3, 0.4) is 0 Å². The van der Waals surface area contributed by atoms with E-state index >= 15 is 0 Å². The first-order chi connectivity index (χ1) is 19.1. The van der Waals surface area contributed by atoms with E-state index in [2.05, 4.69) is 4.90 Å². The number of benzene rings is 2. The third kappa shape index (κ3) is 7.12. The maximum Gasteiger partial charge on any atom is 0.260 e. The molecule has 1 amide bonds. The molecule has 4 rings (SSSR count). The van der Waals surface area contributed by atoms with E-state index in [1.54, 1.807) is 17.0 Å². The Hall–Kier alpha value is -3.08. The highest BCUT2D eigenvalue weighted by Crippen LogP contribution is 2.40. The molecular weight excluding hydrogens is 518 g/mol. The molecule has 0 saturated carbocycles. The second kappa shape index (κ2) is 14.3. The minimum absolute atomic E-state index is 0.168. The van der Waals surface area contributed by atoms with Gasteiger partial charge in [-0.25, -0.2) is 4.98 Å². The fraction of sp³-hybridized carbons (Fsp3) is 0.517. The predicted octanol–water partition coefficient (Wildman–Crippen LogP) is 5.26. The van der Waals surface area contributed by atoms with Gasteiger partial charge in [-0.3, -0.25) is 14.6 Å². The molecule has 0 atom stereocenters. The summed E-state index contributed by atoms with van der Waals surface area (Å²) >= 11 is 1.49. The smallest absolute Gasteiger partial charge is 0.260 e. The van der Waals surface area contributed by atoms with Crippen molar-refractivity contribution < 1.29 is 28.5 Å². The summed E-state index contributed by atoms with van der Waals surface area (Å²) in [7, 11) is 0. The van der Waals surface area contributed by atoms with Crippen molar-refractivity contribution in [2.75, 3.05) is 70.7 Å². The van der Waals surface area contributed by atoms with Crippen LogP contribution in [0.2, 0.25) is 0 Å². The van der Waals surface area contributed by atoms with Crippen LogP contribution in [-0.2, 0) is 4.74 Å². The van der Waals surface area contributed by atoms with Gasteiger partial charge in [-0.1, -0.05) is 17.4 Å². The number of nitrogens with zero attached hydrogens (tertiary/aromatic N) is 3. The lowest BCUT2D eigenvalue weighted by Gasteiger charge is -2.28. The maximum absolute atomic E-state index is 14.2. The summed E-state index contributed by atoms with van der Waals surface area (Å²) < 4.78 is 29.9. The normalized spacial score (nSPS) is 13.8. The minimum Gasteiger partial charge on any atom is -0.492 e. The molecule has 1 saturated heterocycles. The van der Waals surface area contributed by atoms with Gasteiger partial charge >= 0.3 is 0 Å². The van der Waals surface area contributed by atoms with Crippen molar-refractivity contribution in [2.24, 2.45) is 0 Å². The third-order valence-electron chi connectivity index (χ3n) is 6.26. The van der Waals surface area contributed by atoms with Crippen molar-refractivity contribution in [3.8, 4) is 23.0 Å². The average Bonchev–Trinajstić information content (AvgIpc) is 3.38. The number of hydrogen-bond acceptors (Lipinski definition) is 9. The van der Waals surface area contributed by atoms with Crippen molar-refractivity contribution in [1.29, 1.82) is 0 Å². The Kier molecular flexibility index (Phi) is 10.6. The zero-order valence-corrected chi connectivity index (χ0v) is 24.2. The van der Waals surface area contributed by atoms with Crippen molar-refractivity contribution in [1.82, 2.24) is 9.88 Å². The molecule has 10 heteroatoms. The summed E-state index contributed by atoms with van der Waals surface area (Å²) in [4.78, 5) is 23.2. The van der Waals surface area contributed by atoms with Gasteiger partial charge in [0.1, 0.15) is 11.3 Å². The number of carbonyl (C=O) groups is 1. The summed E-state index contributed by atoms with van der Waals surface area (Å²) in [5.41, 5.74) is 1.23. The zero-order chi connectivity index (χ0) is 27.6. The minimum atomic E-state index is -0.168. The predicted molar refractivity (Wildman–Crippen MR) is 154 cm³/mol. The van der Waals surface area contributed by atoms with Gasteiger partial charge in [-0.15, -0.1) is 0 Å². The van der Waals surface area contributed by atoms with Gasteiger partial charge in [0.05, 0.1) is 44.3 Å². The molecule has 0 unspecified atom stereocenters. The number of para-hydroxylation sites is 1. The lowest BCUT2D eigenvalue weighted by atomic mass is 10.1. The Bertz CT molecular complexity index is 1200. The SMILES string of the molecule is CCOc1cc(C(=O)N(CCCN2CCOCC2)c2nc3c(OCC)cccc3s2)cc(OCC)c1OCC. The molecule has 1 aromatic heterocycles. The fourth-order valence-electron chi connectivity index (χ4n) is 4.53. The molecule has 212 valence electrons. The standard InChI is InChI=1S/C29H39N3O6S/c1-5-35-22-11-9-12-25-26(22)30-29(39-25)32(14-10-13-31-15-17-34-18-16-31)28(33)21-19-23(36-6-2)27(38-8-4)24(20-21)37-7-3/h9,11-12,19-20H,5-8,10,13-18H2,1-4H3. The summed E-state index contributed by atoms with van der Waals surface area (Å²) in [6.07, 6.45) is 0.799. The monoisotopic (exact) mass is 557 g/mol. The van der Waals surface area contributed by atoms with Gasteiger partial charge in [-0.2, -0.15) is 0 Å². The number of amides is 1. The number of carbonyl (C=O) groups excluding carboxylic acids is 1. The van der Waals surface area contributed by atoms with Crippen LogP contribution in [0.1, 0.15) is 44.5 Å². The van der Waals surface area contributed by atoms with E-state index in [0.29, 0.717) is 60.9 Å². The first-order valence-electron chi connectivity index (χ1n) is 13.8. The van der Waals surface area contributed by atoms with Crippen molar-refractivity contribution in [3.05, 3.63) is 35.9 Å². The van der Waals surface area contributed by atoms with Crippen LogP contribution in [-0.4, -0.2) is 81.6 Å². The Morgan fingerprint density at radius 1 is 0.949 bits per heavy atom. The average molecular weight is 558 g/mol. The lowest BCUT2D eigenvalue weighted by Crippen LogP contribution is -2.39. The van der Waals surface area contributed by atoms with Crippen molar-refractivity contribution in [2.45, 2.75) is 34.1 Å². The Labute approximate surface area is 234 Å². The van der Waals surface area contributed by atoms with Gasteiger partial charge in [-0.05, 0) is 58.4 Å². The van der Waals surface area contributed by atoms with E-state index in [0.717, 1.165) is 55.2 Å².